The Balaban J connectivity index is 1.79. The minimum Gasteiger partial charge on any atom is -0.359 e. The molecule has 0 radical (unpaired) electrons. The average molecular weight is 312 g/mol. The van der Waals surface area contributed by atoms with E-state index in [0.717, 1.165) is 13.1 Å². The Morgan fingerprint density at radius 3 is 1.82 bits per heavy atom. The molecule has 2 aromatic rings. The summed E-state index contributed by atoms with van der Waals surface area (Å²) in [6.45, 7) is 8.16. The van der Waals surface area contributed by atoms with Gasteiger partial charge in [0.15, 0.2) is 5.11 Å². The Morgan fingerprint density at radius 1 is 0.818 bits per heavy atom. The van der Waals surface area contributed by atoms with Crippen molar-refractivity contribution >= 4 is 17.3 Å². The maximum Gasteiger partial charge on any atom is 0.166 e. The van der Waals surface area contributed by atoms with Gasteiger partial charge in [0.1, 0.15) is 0 Å². The highest BCUT2D eigenvalue weighted by atomic mass is 32.1. The summed E-state index contributed by atoms with van der Waals surface area (Å²) in [6.07, 6.45) is 0. The van der Waals surface area contributed by atoms with Crippen LogP contribution in [0.15, 0.2) is 54.6 Å². The lowest BCUT2D eigenvalue weighted by Crippen LogP contribution is -2.34. The van der Waals surface area contributed by atoms with Crippen molar-refractivity contribution in [2.75, 3.05) is 0 Å². The van der Waals surface area contributed by atoms with E-state index in [1.165, 1.54) is 16.7 Å². The molecule has 2 N–H and O–H groups in total. The number of benzene rings is 2. The molecule has 0 saturated heterocycles. The van der Waals surface area contributed by atoms with E-state index in [2.05, 4.69) is 67.8 Å². The third-order valence-electron chi connectivity index (χ3n) is 3.57. The smallest absolute Gasteiger partial charge is 0.166 e. The van der Waals surface area contributed by atoms with Gasteiger partial charge < -0.3 is 10.6 Å². The van der Waals surface area contributed by atoms with Crippen molar-refractivity contribution in [1.82, 2.24) is 10.6 Å². The normalized spacial score (nSPS) is 11.0. The van der Waals surface area contributed by atoms with Gasteiger partial charge in [0.2, 0.25) is 0 Å². The number of rotatable bonds is 4. The van der Waals surface area contributed by atoms with E-state index in [9.17, 15) is 0 Å². The minimum absolute atomic E-state index is 0.193. The molecule has 0 saturated carbocycles. The molecule has 2 nitrogen and oxygen atoms in total. The van der Waals surface area contributed by atoms with Crippen LogP contribution in [-0.2, 0) is 18.5 Å². The highest BCUT2D eigenvalue weighted by Crippen LogP contribution is 2.22. The van der Waals surface area contributed by atoms with Crippen LogP contribution in [0.2, 0.25) is 0 Å². The maximum absolute atomic E-state index is 5.32. The van der Waals surface area contributed by atoms with E-state index in [4.69, 9.17) is 12.2 Å². The summed E-state index contributed by atoms with van der Waals surface area (Å²) in [4.78, 5) is 0. The molecule has 0 aliphatic heterocycles. The molecule has 3 heteroatoms. The van der Waals surface area contributed by atoms with Gasteiger partial charge in [-0.3, -0.25) is 0 Å². The summed E-state index contributed by atoms with van der Waals surface area (Å²) in [5, 5.41) is 7.16. The van der Waals surface area contributed by atoms with Crippen LogP contribution in [0.1, 0.15) is 37.5 Å². The lowest BCUT2D eigenvalue weighted by Gasteiger charge is -2.19. The van der Waals surface area contributed by atoms with Gasteiger partial charge in [-0.05, 0) is 34.3 Å². The average Bonchev–Trinajstić information content (AvgIpc) is 2.51. The third-order valence-corrected chi connectivity index (χ3v) is 3.86. The van der Waals surface area contributed by atoms with Crippen LogP contribution in [0, 0.1) is 0 Å². The van der Waals surface area contributed by atoms with Gasteiger partial charge in [0.05, 0.1) is 0 Å². The Kier molecular flexibility index (Phi) is 5.56. The molecule has 0 bridgehead atoms. The van der Waals surface area contributed by atoms with Crippen molar-refractivity contribution in [3.05, 3.63) is 71.3 Å². The summed E-state index contributed by atoms with van der Waals surface area (Å²) in [5.74, 6) is 0. The van der Waals surface area contributed by atoms with Crippen LogP contribution in [-0.4, -0.2) is 5.11 Å². The monoisotopic (exact) mass is 312 g/mol. The predicted molar refractivity (Wildman–Crippen MR) is 97.9 cm³/mol. The number of thiocarbonyl (C=S) groups is 1. The first-order chi connectivity index (χ1) is 10.4. The quantitative estimate of drug-likeness (QED) is 0.829. The van der Waals surface area contributed by atoms with E-state index < -0.39 is 0 Å². The molecule has 0 aliphatic rings. The van der Waals surface area contributed by atoms with E-state index >= 15 is 0 Å². The second-order valence-corrected chi connectivity index (χ2v) is 6.88. The van der Waals surface area contributed by atoms with Crippen molar-refractivity contribution in [2.24, 2.45) is 0 Å². The molecular formula is C19H24N2S. The first-order valence-corrected chi connectivity index (χ1v) is 8.01. The minimum atomic E-state index is 0.193. The van der Waals surface area contributed by atoms with Gasteiger partial charge in [0, 0.05) is 13.1 Å². The molecule has 0 spiro atoms. The summed E-state index contributed by atoms with van der Waals surface area (Å²) >= 11 is 5.32. The zero-order valence-electron chi connectivity index (χ0n) is 13.5. The fraction of sp³-hybridized carbons (Fsp3) is 0.316. The van der Waals surface area contributed by atoms with Crippen LogP contribution < -0.4 is 10.6 Å². The van der Waals surface area contributed by atoms with Gasteiger partial charge >= 0.3 is 0 Å². The maximum atomic E-state index is 5.32. The van der Waals surface area contributed by atoms with Crippen LogP contribution in [0.4, 0.5) is 0 Å². The molecule has 2 rings (SSSR count). The standard InChI is InChI=1S/C19H24N2S/c1-19(2,3)17-11-9-16(10-12-17)14-21-18(22)20-13-15-7-5-4-6-8-15/h4-12H,13-14H2,1-3H3,(H2,20,21,22). The van der Waals surface area contributed by atoms with Gasteiger partial charge in [-0.25, -0.2) is 0 Å². The fourth-order valence-electron chi connectivity index (χ4n) is 2.15. The summed E-state index contributed by atoms with van der Waals surface area (Å²) in [5.41, 5.74) is 4.00. The second-order valence-electron chi connectivity index (χ2n) is 6.47. The highest BCUT2D eigenvalue weighted by Gasteiger charge is 2.12. The van der Waals surface area contributed by atoms with Crippen molar-refractivity contribution in [1.29, 1.82) is 0 Å². The zero-order chi connectivity index (χ0) is 16.0. The number of nitrogens with one attached hydrogen (secondary N) is 2. The van der Waals surface area contributed by atoms with Crippen LogP contribution in [0.5, 0.6) is 0 Å². The van der Waals surface area contributed by atoms with Gasteiger partial charge in [0.25, 0.3) is 0 Å². The van der Waals surface area contributed by atoms with E-state index in [-0.39, 0.29) is 5.41 Å². The largest absolute Gasteiger partial charge is 0.359 e. The van der Waals surface area contributed by atoms with E-state index in [1.54, 1.807) is 0 Å². The molecule has 0 fully saturated rings. The lowest BCUT2D eigenvalue weighted by atomic mass is 9.87. The molecule has 0 aliphatic carbocycles. The van der Waals surface area contributed by atoms with Crippen molar-refractivity contribution in [2.45, 2.75) is 39.3 Å². The highest BCUT2D eigenvalue weighted by molar-refractivity contribution is 7.80. The number of hydrogen-bond donors (Lipinski definition) is 2. The third kappa shape index (κ3) is 5.15. The zero-order valence-corrected chi connectivity index (χ0v) is 14.3. The summed E-state index contributed by atoms with van der Waals surface area (Å²) in [6, 6.07) is 19.0. The Labute approximate surface area is 139 Å². The van der Waals surface area contributed by atoms with Crippen LogP contribution >= 0.6 is 12.2 Å². The Morgan fingerprint density at radius 2 is 1.32 bits per heavy atom. The number of hydrogen-bond acceptors (Lipinski definition) is 1. The van der Waals surface area contributed by atoms with E-state index in [0.29, 0.717) is 5.11 Å². The second kappa shape index (κ2) is 7.41. The van der Waals surface area contributed by atoms with E-state index in [1.807, 2.05) is 18.2 Å². The van der Waals surface area contributed by atoms with Crippen molar-refractivity contribution < 1.29 is 0 Å². The van der Waals surface area contributed by atoms with Gasteiger partial charge in [-0.2, -0.15) is 0 Å². The van der Waals surface area contributed by atoms with Crippen LogP contribution in [0.3, 0.4) is 0 Å². The van der Waals surface area contributed by atoms with Crippen molar-refractivity contribution in [3.8, 4) is 0 Å². The molecule has 0 aromatic heterocycles. The topological polar surface area (TPSA) is 24.1 Å². The molecular weight excluding hydrogens is 288 g/mol. The molecule has 0 heterocycles. The van der Waals surface area contributed by atoms with Crippen molar-refractivity contribution in [3.63, 3.8) is 0 Å². The lowest BCUT2D eigenvalue weighted by molar-refractivity contribution is 0.590. The molecule has 0 atom stereocenters. The predicted octanol–water partition coefficient (Wildman–Crippen LogP) is 4.15. The molecule has 116 valence electrons. The van der Waals surface area contributed by atoms with Gasteiger partial charge in [-0.1, -0.05) is 75.4 Å². The summed E-state index contributed by atoms with van der Waals surface area (Å²) in [7, 11) is 0. The Bertz CT molecular complexity index is 598. The molecule has 0 amide bonds. The first-order valence-electron chi connectivity index (χ1n) is 7.60. The molecule has 0 unspecified atom stereocenters. The molecule has 22 heavy (non-hydrogen) atoms. The Hall–Kier alpha value is -1.87. The summed E-state index contributed by atoms with van der Waals surface area (Å²) < 4.78 is 0. The van der Waals surface area contributed by atoms with Gasteiger partial charge in [-0.15, -0.1) is 0 Å². The first kappa shape index (κ1) is 16.5. The van der Waals surface area contributed by atoms with Crippen LogP contribution in [0.25, 0.3) is 0 Å². The SMILES string of the molecule is CC(C)(C)c1ccc(CNC(=S)NCc2ccccc2)cc1. The molecule has 2 aromatic carbocycles. The fourth-order valence-corrected chi connectivity index (χ4v) is 2.29.